The Morgan fingerprint density at radius 2 is 2.06 bits per heavy atom. The lowest BCUT2D eigenvalue weighted by Gasteiger charge is -2.01. The Balaban J connectivity index is 2.82. The fourth-order valence-corrected chi connectivity index (χ4v) is 2.04. The second-order valence-electron chi connectivity index (χ2n) is 3.21. The van der Waals surface area contributed by atoms with Gasteiger partial charge in [0.15, 0.2) is 14.9 Å². The average molecular weight is 271 g/mol. The highest BCUT2D eigenvalue weighted by Gasteiger charge is 2.10. The maximum Gasteiger partial charge on any atom is 0.184 e. The molecule has 0 aromatic heterocycles. The minimum atomic E-state index is -3.15. The van der Waals surface area contributed by atoms with Crippen molar-refractivity contribution in [2.45, 2.75) is 11.8 Å². The summed E-state index contributed by atoms with van der Waals surface area (Å²) >= 11 is 4.57. The van der Waals surface area contributed by atoms with E-state index in [1.165, 1.54) is 6.21 Å². The van der Waals surface area contributed by atoms with Gasteiger partial charge in [0.2, 0.25) is 0 Å². The molecule has 0 aliphatic carbocycles. The van der Waals surface area contributed by atoms with Gasteiger partial charge in [-0.1, -0.05) is 19.1 Å². The maximum atomic E-state index is 11.5. The fraction of sp³-hybridized carbons (Fsp3) is 0.200. The Morgan fingerprint density at radius 3 is 2.53 bits per heavy atom. The molecule has 0 aliphatic heterocycles. The monoisotopic (exact) mass is 271 g/mol. The Morgan fingerprint density at radius 1 is 1.47 bits per heavy atom. The highest BCUT2D eigenvalue weighted by atomic mass is 32.2. The molecule has 1 aromatic carbocycles. The predicted molar refractivity (Wildman–Crippen MR) is 71.7 cm³/mol. The van der Waals surface area contributed by atoms with Crippen LogP contribution in [-0.4, -0.2) is 25.5 Å². The second-order valence-corrected chi connectivity index (χ2v) is 5.92. The summed E-state index contributed by atoms with van der Waals surface area (Å²) in [7, 11) is -3.15. The van der Waals surface area contributed by atoms with Gasteiger partial charge >= 0.3 is 0 Å². The molecular weight excluding hydrogens is 258 g/mol. The Kier molecular flexibility index (Phi) is 4.59. The molecule has 5 nitrogen and oxygen atoms in total. The van der Waals surface area contributed by atoms with Crippen molar-refractivity contribution < 1.29 is 8.42 Å². The van der Waals surface area contributed by atoms with Gasteiger partial charge in [0.1, 0.15) is 0 Å². The normalized spacial score (nSPS) is 11.6. The van der Waals surface area contributed by atoms with Crippen molar-refractivity contribution in [1.29, 1.82) is 0 Å². The SMILES string of the molecule is CCS(=O)(=O)c1ccc(/C=N/NC(N)=S)cc1. The molecule has 0 atom stereocenters. The first-order chi connectivity index (χ1) is 7.95. The van der Waals surface area contributed by atoms with Crippen molar-refractivity contribution in [3.63, 3.8) is 0 Å². The van der Waals surface area contributed by atoms with Crippen LogP contribution in [0.3, 0.4) is 0 Å². The smallest absolute Gasteiger partial charge is 0.184 e. The lowest BCUT2D eigenvalue weighted by atomic mass is 10.2. The number of rotatable bonds is 4. The number of thiocarbonyl (C=S) groups is 1. The van der Waals surface area contributed by atoms with Crippen molar-refractivity contribution in [3.8, 4) is 0 Å². The van der Waals surface area contributed by atoms with Crippen LogP contribution in [0, 0.1) is 0 Å². The fourth-order valence-electron chi connectivity index (χ4n) is 1.10. The molecule has 0 spiro atoms. The van der Waals surface area contributed by atoms with E-state index >= 15 is 0 Å². The van der Waals surface area contributed by atoms with E-state index < -0.39 is 9.84 Å². The molecule has 0 amide bonds. The number of hydrogen-bond acceptors (Lipinski definition) is 4. The van der Waals surface area contributed by atoms with Gasteiger partial charge in [-0.2, -0.15) is 5.10 Å². The number of nitrogens with two attached hydrogens (primary N) is 1. The third-order valence-electron chi connectivity index (χ3n) is 2.01. The number of nitrogens with one attached hydrogen (secondary N) is 1. The summed E-state index contributed by atoms with van der Waals surface area (Å²) in [6, 6.07) is 6.41. The summed E-state index contributed by atoms with van der Waals surface area (Å²) in [5, 5.41) is 3.84. The molecule has 7 heteroatoms. The van der Waals surface area contributed by atoms with Crippen LogP contribution < -0.4 is 11.2 Å². The predicted octanol–water partition coefficient (Wildman–Crippen LogP) is 0.647. The topological polar surface area (TPSA) is 84.5 Å². The minimum absolute atomic E-state index is 0.0754. The minimum Gasteiger partial charge on any atom is -0.375 e. The van der Waals surface area contributed by atoms with Gasteiger partial charge in [0.25, 0.3) is 0 Å². The lowest BCUT2D eigenvalue weighted by molar-refractivity contribution is 0.597. The number of nitrogens with zero attached hydrogens (tertiary/aromatic N) is 1. The van der Waals surface area contributed by atoms with Gasteiger partial charge in [-0.15, -0.1) is 0 Å². The van der Waals surface area contributed by atoms with Crippen LogP contribution in [0.2, 0.25) is 0 Å². The quantitative estimate of drug-likeness (QED) is 0.477. The van der Waals surface area contributed by atoms with Crippen LogP contribution in [-0.2, 0) is 9.84 Å². The molecule has 0 fully saturated rings. The number of hydrazone groups is 1. The summed E-state index contributed by atoms with van der Waals surface area (Å²) in [6.45, 7) is 1.61. The summed E-state index contributed by atoms with van der Waals surface area (Å²) in [5.74, 6) is 0.0867. The van der Waals surface area contributed by atoms with E-state index in [0.29, 0.717) is 4.90 Å². The zero-order valence-electron chi connectivity index (χ0n) is 9.25. The van der Waals surface area contributed by atoms with Crippen LogP contribution in [0.1, 0.15) is 12.5 Å². The summed E-state index contributed by atoms with van der Waals surface area (Å²) in [4.78, 5) is 0.305. The summed E-state index contributed by atoms with van der Waals surface area (Å²) < 4.78 is 23.1. The summed E-state index contributed by atoms with van der Waals surface area (Å²) in [5.41, 5.74) is 8.35. The molecule has 3 N–H and O–H groups in total. The molecule has 92 valence electrons. The van der Waals surface area contributed by atoms with E-state index in [4.69, 9.17) is 5.73 Å². The first kappa shape index (κ1) is 13.6. The molecular formula is C10H13N3O2S2. The third kappa shape index (κ3) is 4.12. The molecule has 0 bridgehead atoms. The van der Waals surface area contributed by atoms with Gasteiger partial charge in [-0.25, -0.2) is 8.42 Å². The standard InChI is InChI=1S/C10H13N3O2S2/c1-2-17(14,15)9-5-3-8(4-6-9)7-12-13-10(11)16/h3-7H,2H2,1H3,(H3,11,13,16)/b12-7+. The molecule has 17 heavy (non-hydrogen) atoms. The van der Waals surface area contributed by atoms with Crippen molar-refractivity contribution in [2.75, 3.05) is 5.75 Å². The highest BCUT2D eigenvalue weighted by molar-refractivity contribution is 7.91. The van der Waals surface area contributed by atoms with Gasteiger partial charge in [0, 0.05) is 0 Å². The van der Waals surface area contributed by atoms with Crippen LogP contribution in [0.25, 0.3) is 0 Å². The van der Waals surface area contributed by atoms with Gasteiger partial charge < -0.3 is 5.73 Å². The van der Waals surface area contributed by atoms with Crippen molar-refractivity contribution >= 4 is 33.4 Å². The molecule has 0 aliphatic rings. The van der Waals surface area contributed by atoms with Gasteiger partial charge in [-0.3, -0.25) is 5.43 Å². The molecule has 0 saturated carbocycles. The molecule has 1 rings (SSSR count). The molecule has 0 unspecified atom stereocenters. The molecule has 0 radical (unpaired) electrons. The number of sulfone groups is 1. The zero-order chi connectivity index (χ0) is 12.9. The van der Waals surface area contributed by atoms with E-state index in [1.54, 1.807) is 31.2 Å². The molecule has 0 heterocycles. The number of hydrogen-bond donors (Lipinski definition) is 2. The summed E-state index contributed by atoms with van der Waals surface area (Å²) in [6.07, 6.45) is 1.50. The van der Waals surface area contributed by atoms with E-state index in [2.05, 4.69) is 22.7 Å². The Hall–Kier alpha value is -1.47. The van der Waals surface area contributed by atoms with Gasteiger partial charge in [-0.05, 0) is 29.9 Å². The Bertz CT molecular complexity index is 521. The lowest BCUT2D eigenvalue weighted by Crippen LogP contribution is -2.23. The number of benzene rings is 1. The largest absolute Gasteiger partial charge is 0.375 e. The van der Waals surface area contributed by atoms with Crippen LogP contribution in [0.15, 0.2) is 34.3 Å². The van der Waals surface area contributed by atoms with Gasteiger partial charge in [0.05, 0.1) is 16.9 Å². The first-order valence-corrected chi connectivity index (χ1v) is 6.93. The highest BCUT2D eigenvalue weighted by Crippen LogP contribution is 2.11. The van der Waals surface area contributed by atoms with Crippen LogP contribution in [0.5, 0.6) is 0 Å². The first-order valence-electron chi connectivity index (χ1n) is 4.87. The van der Waals surface area contributed by atoms with Crippen LogP contribution >= 0.6 is 12.2 Å². The molecule has 1 aromatic rings. The Labute approximate surface area is 106 Å². The van der Waals surface area contributed by atoms with Crippen molar-refractivity contribution in [3.05, 3.63) is 29.8 Å². The zero-order valence-corrected chi connectivity index (χ0v) is 10.9. The average Bonchev–Trinajstić information content (AvgIpc) is 2.29. The second kappa shape index (κ2) is 5.74. The third-order valence-corrected chi connectivity index (χ3v) is 3.85. The maximum absolute atomic E-state index is 11.5. The van der Waals surface area contributed by atoms with E-state index in [-0.39, 0.29) is 10.9 Å². The van der Waals surface area contributed by atoms with Crippen LogP contribution in [0.4, 0.5) is 0 Å². The van der Waals surface area contributed by atoms with E-state index in [1.807, 2.05) is 0 Å². The van der Waals surface area contributed by atoms with Crippen molar-refractivity contribution in [2.24, 2.45) is 10.8 Å². The van der Waals surface area contributed by atoms with E-state index in [0.717, 1.165) is 5.56 Å². The molecule has 0 saturated heterocycles. The van der Waals surface area contributed by atoms with E-state index in [9.17, 15) is 8.42 Å². The van der Waals surface area contributed by atoms with Crippen molar-refractivity contribution in [1.82, 2.24) is 5.43 Å².